The van der Waals surface area contributed by atoms with Crippen LogP contribution in [0.2, 0.25) is 0 Å². The minimum absolute atomic E-state index is 0.708. The molecule has 0 saturated carbocycles. The summed E-state index contributed by atoms with van der Waals surface area (Å²) >= 11 is 0. The largest absolute Gasteiger partial charge is 0.383 e. The van der Waals surface area contributed by atoms with Crippen LogP contribution >= 0.6 is 0 Å². The zero-order valence-electron chi connectivity index (χ0n) is 10.9. The van der Waals surface area contributed by atoms with Gasteiger partial charge >= 0.3 is 0 Å². The molecule has 0 unspecified atom stereocenters. The van der Waals surface area contributed by atoms with Crippen LogP contribution in [0.3, 0.4) is 0 Å². The van der Waals surface area contributed by atoms with Gasteiger partial charge in [0.15, 0.2) is 0 Å². The summed E-state index contributed by atoms with van der Waals surface area (Å²) in [5.74, 6) is 0.708. The van der Waals surface area contributed by atoms with Gasteiger partial charge in [0.05, 0.1) is 11.8 Å². The quantitative estimate of drug-likeness (QED) is 0.779. The van der Waals surface area contributed by atoms with Crippen molar-refractivity contribution in [1.29, 1.82) is 0 Å². The number of nitrogens with zero attached hydrogens (tertiary/aromatic N) is 3. The number of hydrogen-bond acceptors (Lipinski definition) is 3. The van der Waals surface area contributed by atoms with Crippen LogP contribution in [0.25, 0.3) is 22.2 Å². The van der Waals surface area contributed by atoms with Gasteiger partial charge in [0, 0.05) is 23.7 Å². The number of imidazole rings is 1. The Labute approximate surface area is 111 Å². The van der Waals surface area contributed by atoms with E-state index in [1.807, 2.05) is 34.9 Å². The van der Waals surface area contributed by atoms with Gasteiger partial charge in [0.2, 0.25) is 0 Å². The van der Waals surface area contributed by atoms with Crippen LogP contribution in [0.5, 0.6) is 0 Å². The standard InChI is InChI=1S/C15H16N4/c1-2-9-19-10-18-14(15(19)16)12-7-3-5-11-6-4-8-17-13(11)12/h3-8,10H,2,9,16H2,1H3. The van der Waals surface area contributed by atoms with Crippen molar-refractivity contribution in [3.63, 3.8) is 0 Å². The number of hydrogen-bond donors (Lipinski definition) is 1. The van der Waals surface area contributed by atoms with E-state index in [0.717, 1.165) is 35.1 Å². The topological polar surface area (TPSA) is 56.7 Å². The number of nitrogens with two attached hydrogens (primary N) is 1. The molecule has 0 fully saturated rings. The number of anilines is 1. The third-order valence-corrected chi connectivity index (χ3v) is 3.23. The van der Waals surface area contributed by atoms with Crippen molar-refractivity contribution in [1.82, 2.24) is 14.5 Å². The second-order valence-electron chi connectivity index (χ2n) is 4.55. The Kier molecular flexibility index (Phi) is 2.91. The monoisotopic (exact) mass is 252 g/mol. The zero-order chi connectivity index (χ0) is 13.2. The third-order valence-electron chi connectivity index (χ3n) is 3.23. The van der Waals surface area contributed by atoms with Gasteiger partial charge in [-0.05, 0) is 12.5 Å². The van der Waals surface area contributed by atoms with Crippen molar-refractivity contribution in [2.45, 2.75) is 19.9 Å². The van der Waals surface area contributed by atoms with Crippen LogP contribution in [0.15, 0.2) is 42.9 Å². The van der Waals surface area contributed by atoms with Crippen LogP contribution in [0.4, 0.5) is 5.82 Å². The van der Waals surface area contributed by atoms with Crippen molar-refractivity contribution in [3.8, 4) is 11.3 Å². The molecule has 2 heterocycles. The molecular weight excluding hydrogens is 236 g/mol. The van der Waals surface area contributed by atoms with Crippen molar-refractivity contribution in [3.05, 3.63) is 42.9 Å². The first-order valence-corrected chi connectivity index (χ1v) is 6.46. The van der Waals surface area contributed by atoms with Gasteiger partial charge in [-0.15, -0.1) is 0 Å². The van der Waals surface area contributed by atoms with Gasteiger partial charge in [0.1, 0.15) is 11.5 Å². The number of benzene rings is 1. The fraction of sp³-hybridized carbons (Fsp3) is 0.200. The molecule has 0 bridgehead atoms. The van der Waals surface area contributed by atoms with Crippen molar-refractivity contribution < 1.29 is 0 Å². The van der Waals surface area contributed by atoms with E-state index >= 15 is 0 Å². The molecule has 0 saturated heterocycles. The first-order valence-electron chi connectivity index (χ1n) is 6.46. The number of fused-ring (bicyclic) bond motifs is 1. The summed E-state index contributed by atoms with van der Waals surface area (Å²) < 4.78 is 1.98. The molecule has 0 aliphatic heterocycles. The summed E-state index contributed by atoms with van der Waals surface area (Å²) in [6.07, 6.45) is 4.63. The van der Waals surface area contributed by atoms with Crippen LogP contribution in [0, 0.1) is 0 Å². The lowest BCUT2D eigenvalue weighted by atomic mass is 10.1. The molecule has 4 heteroatoms. The Balaban J connectivity index is 2.19. The van der Waals surface area contributed by atoms with Crippen molar-refractivity contribution in [2.24, 2.45) is 0 Å². The molecule has 0 atom stereocenters. The summed E-state index contributed by atoms with van der Waals surface area (Å²) in [5.41, 5.74) is 8.94. The van der Waals surface area contributed by atoms with E-state index in [1.165, 1.54) is 0 Å². The SMILES string of the molecule is CCCn1cnc(-c2cccc3cccnc23)c1N. The van der Waals surface area contributed by atoms with E-state index in [2.05, 4.69) is 16.9 Å². The molecule has 1 aromatic carbocycles. The molecule has 96 valence electrons. The fourth-order valence-electron chi connectivity index (χ4n) is 2.31. The summed E-state index contributed by atoms with van der Waals surface area (Å²) in [6, 6.07) is 10.1. The van der Waals surface area contributed by atoms with Gasteiger partial charge < -0.3 is 10.3 Å². The molecule has 0 radical (unpaired) electrons. The molecule has 4 nitrogen and oxygen atoms in total. The Bertz CT molecular complexity index is 710. The van der Waals surface area contributed by atoms with Gasteiger partial charge in [-0.1, -0.05) is 31.2 Å². The molecule has 0 aliphatic carbocycles. The van der Waals surface area contributed by atoms with Crippen LogP contribution in [-0.2, 0) is 6.54 Å². The maximum atomic E-state index is 6.19. The van der Waals surface area contributed by atoms with E-state index < -0.39 is 0 Å². The second kappa shape index (κ2) is 4.72. The number of aromatic nitrogens is 3. The highest BCUT2D eigenvalue weighted by atomic mass is 15.1. The highest BCUT2D eigenvalue weighted by molar-refractivity contribution is 5.94. The van der Waals surface area contributed by atoms with Gasteiger partial charge in [-0.3, -0.25) is 4.98 Å². The number of nitrogen functional groups attached to an aromatic ring is 1. The van der Waals surface area contributed by atoms with Crippen LogP contribution in [0.1, 0.15) is 13.3 Å². The second-order valence-corrected chi connectivity index (χ2v) is 4.55. The lowest BCUT2D eigenvalue weighted by Gasteiger charge is -2.06. The zero-order valence-corrected chi connectivity index (χ0v) is 10.9. The average molecular weight is 252 g/mol. The van der Waals surface area contributed by atoms with E-state index in [4.69, 9.17) is 5.73 Å². The highest BCUT2D eigenvalue weighted by Crippen LogP contribution is 2.29. The maximum absolute atomic E-state index is 6.19. The number of para-hydroxylation sites is 1. The average Bonchev–Trinajstić information content (AvgIpc) is 2.80. The van der Waals surface area contributed by atoms with Crippen LogP contribution < -0.4 is 5.73 Å². The van der Waals surface area contributed by atoms with E-state index in [1.54, 1.807) is 12.5 Å². The number of aryl methyl sites for hydroxylation is 1. The lowest BCUT2D eigenvalue weighted by molar-refractivity contribution is 0.686. The summed E-state index contributed by atoms with van der Waals surface area (Å²) in [5, 5.41) is 1.10. The van der Waals surface area contributed by atoms with Gasteiger partial charge in [-0.2, -0.15) is 0 Å². The molecule has 3 rings (SSSR count). The summed E-state index contributed by atoms with van der Waals surface area (Å²) in [7, 11) is 0. The molecule has 3 aromatic rings. The molecule has 2 aromatic heterocycles. The Morgan fingerprint density at radius 2 is 2.00 bits per heavy atom. The Hall–Kier alpha value is -2.36. The highest BCUT2D eigenvalue weighted by Gasteiger charge is 2.12. The minimum Gasteiger partial charge on any atom is -0.383 e. The molecule has 0 aliphatic rings. The predicted octanol–water partition coefficient (Wildman–Crippen LogP) is 3.09. The summed E-state index contributed by atoms with van der Waals surface area (Å²) in [6.45, 7) is 3.01. The maximum Gasteiger partial charge on any atom is 0.131 e. The normalized spacial score (nSPS) is 11.0. The van der Waals surface area contributed by atoms with Crippen molar-refractivity contribution >= 4 is 16.7 Å². The van der Waals surface area contributed by atoms with Crippen molar-refractivity contribution in [2.75, 3.05) is 5.73 Å². The molecule has 0 spiro atoms. The lowest BCUT2D eigenvalue weighted by Crippen LogP contribution is -2.01. The van der Waals surface area contributed by atoms with Gasteiger partial charge in [-0.25, -0.2) is 4.98 Å². The van der Waals surface area contributed by atoms with E-state index in [-0.39, 0.29) is 0 Å². The molecule has 0 amide bonds. The van der Waals surface area contributed by atoms with Gasteiger partial charge in [0.25, 0.3) is 0 Å². The molecule has 2 N–H and O–H groups in total. The number of pyridine rings is 1. The third kappa shape index (κ3) is 1.95. The fourth-order valence-corrected chi connectivity index (χ4v) is 2.31. The predicted molar refractivity (Wildman–Crippen MR) is 77.7 cm³/mol. The number of rotatable bonds is 3. The molecule has 19 heavy (non-hydrogen) atoms. The first-order chi connectivity index (χ1) is 9.31. The van der Waals surface area contributed by atoms with E-state index in [0.29, 0.717) is 5.82 Å². The van der Waals surface area contributed by atoms with E-state index in [9.17, 15) is 0 Å². The molecular formula is C15H16N4. The summed E-state index contributed by atoms with van der Waals surface area (Å²) in [4.78, 5) is 8.90. The minimum atomic E-state index is 0.708. The van der Waals surface area contributed by atoms with Crippen LogP contribution in [-0.4, -0.2) is 14.5 Å². The Morgan fingerprint density at radius 1 is 1.16 bits per heavy atom. The smallest absolute Gasteiger partial charge is 0.131 e. The Morgan fingerprint density at radius 3 is 2.84 bits per heavy atom. The first kappa shape index (κ1) is 11.7.